The quantitative estimate of drug-likeness (QED) is 0.176. The Kier molecular flexibility index (Phi) is 3.88. The first-order valence-electron chi connectivity index (χ1n) is 12.7. The molecule has 7 aromatic rings. The van der Waals surface area contributed by atoms with Gasteiger partial charge in [0, 0.05) is 27.3 Å². The molecule has 3 heteroatoms. The van der Waals surface area contributed by atoms with Crippen LogP contribution in [0.2, 0.25) is 0 Å². The predicted molar refractivity (Wildman–Crippen MR) is 152 cm³/mol. The second kappa shape index (κ2) is 6.98. The van der Waals surface area contributed by atoms with Crippen LogP contribution in [0.25, 0.3) is 60.4 Å². The summed E-state index contributed by atoms with van der Waals surface area (Å²) < 4.78 is 8.03. The maximum atomic E-state index is 12.5. The molecule has 3 nitrogen and oxygen atoms in total. The van der Waals surface area contributed by atoms with Gasteiger partial charge in [-0.2, -0.15) is 0 Å². The van der Waals surface area contributed by atoms with Crippen LogP contribution in [0.3, 0.4) is 0 Å². The lowest BCUT2D eigenvalue weighted by Gasteiger charge is -2.21. The topological polar surface area (TPSA) is 35.1 Å². The fourth-order valence-electron chi connectivity index (χ4n) is 6.45. The Hall–Kier alpha value is -4.63. The summed E-state index contributed by atoms with van der Waals surface area (Å²) in [5.41, 5.74) is 8.99. The highest BCUT2D eigenvalue weighted by atomic mass is 16.4. The number of hydrogen-bond acceptors (Lipinski definition) is 2. The van der Waals surface area contributed by atoms with Crippen LogP contribution in [0.1, 0.15) is 25.0 Å². The van der Waals surface area contributed by atoms with E-state index in [0.717, 1.165) is 22.0 Å². The molecule has 0 unspecified atom stereocenters. The summed E-state index contributed by atoms with van der Waals surface area (Å²) in [6, 6.07) is 36.0. The first kappa shape index (κ1) is 20.6. The Morgan fingerprint density at radius 2 is 1.32 bits per heavy atom. The van der Waals surface area contributed by atoms with Gasteiger partial charge in [0.2, 0.25) is 0 Å². The van der Waals surface area contributed by atoms with Crippen molar-refractivity contribution >= 4 is 43.5 Å². The van der Waals surface area contributed by atoms with Gasteiger partial charge in [-0.25, -0.2) is 4.79 Å². The number of nitrogens with zero attached hydrogens (tertiary/aromatic N) is 1. The van der Waals surface area contributed by atoms with E-state index < -0.39 is 0 Å². The minimum absolute atomic E-state index is 0.0790. The van der Waals surface area contributed by atoms with Gasteiger partial charge in [-0.15, -0.1) is 0 Å². The van der Waals surface area contributed by atoms with E-state index in [-0.39, 0.29) is 11.0 Å². The lowest BCUT2D eigenvalue weighted by molar-refractivity contribution is 0.569. The molecule has 0 bridgehead atoms. The molecule has 1 aliphatic carbocycles. The average molecular weight is 478 g/mol. The maximum absolute atomic E-state index is 12.5. The Bertz CT molecular complexity index is 2140. The number of hydrogen-bond donors (Lipinski definition) is 0. The molecule has 0 amide bonds. The molecular formula is C34H23NO2. The first-order valence-corrected chi connectivity index (χ1v) is 12.7. The van der Waals surface area contributed by atoms with E-state index in [2.05, 4.69) is 91.2 Å². The molecule has 0 spiro atoms. The normalized spacial score (nSPS) is 14.0. The lowest BCUT2D eigenvalue weighted by atomic mass is 9.82. The summed E-state index contributed by atoms with van der Waals surface area (Å²) in [4.78, 5) is 12.5. The second-order valence-electron chi connectivity index (χ2n) is 10.6. The molecule has 0 fully saturated rings. The average Bonchev–Trinajstić information content (AvgIpc) is 3.37. The van der Waals surface area contributed by atoms with Crippen LogP contribution < -0.4 is 5.63 Å². The van der Waals surface area contributed by atoms with Crippen molar-refractivity contribution in [3.05, 3.63) is 125 Å². The van der Waals surface area contributed by atoms with Crippen molar-refractivity contribution in [3.8, 4) is 16.8 Å². The van der Waals surface area contributed by atoms with E-state index >= 15 is 0 Å². The standard InChI is InChI=1S/C34H23NO2/c1-34(2)28-13-7-5-10-22(28)25-18-26-23-11-6-8-14-30(23)35(31(26)19-29(25)34)20-15-16-32-27(17-20)21-9-3-4-12-24(21)33(36)37-32/h3-19H,1-2H3. The van der Waals surface area contributed by atoms with Crippen LogP contribution in [0.15, 0.2) is 112 Å². The summed E-state index contributed by atoms with van der Waals surface area (Å²) >= 11 is 0. The molecule has 5 aromatic carbocycles. The Morgan fingerprint density at radius 3 is 2.19 bits per heavy atom. The largest absolute Gasteiger partial charge is 0.422 e. The summed E-state index contributed by atoms with van der Waals surface area (Å²) in [5, 5.41) is 4.92. The van der Waals surface area contributed by atoms with Gasteiger partial charge in [-0.1, -0.05) is 74.5 Å². The van der Waals surface area contributed by atoms with Crippen molar-refractivity contribution in [3.63, 3.8) is 0 Å². The van der Waals surface area contributed by atoms with E-state index in [4.69, 9.17) is 4.42 Å². The zero-order valence-corrected chi connectivity index (χ0v) is 20.6. The fourth-order valence-corrected chi connectivity index (χ4v) is 6.45. The highest BCUT2D eigenvalue weighted by molar-refractivity contribution is 6.12. The third-order valence-electron chi connectivity index (χ3n) is 8.24. The van der Waals surface area contributed by atoms with E-state index in [1.807, 2.05) is 30.3 Å². The summed E-state index contributed by atoms with van der Waals surface area (Å²) in [5.74, 6) is 0. The molecule has 8 rings (SSSR count). The van der Waals surface area contributed by atoms with Crippen LogP contribution in [0, 0.1) is 0 Å². The van der Waals surface area contributed by atoms with Crippen LogP contribution in [0.5, 0.6) is 0 Å². The maximum Gasteiger partial charge on any atom is 0.344 e. The first-order chi connectivity index (χ1) is 18.0. The minimum Gasteiger partial charge on any atom is -0.422 e. The third-order valence-corrected chi connectivity index (χ3v) is 8.24. The molecule has 176 valence electrons. The van der Waals surface area contributed by atoms with Gasteiger partial charge < -0.3 is 8.98 Å². The van der Waals surface area contributed by atoms with Crippen LogP contribution in [-0.2, 0) is 5.41 Å². The zero-order valence-electron chi connectivity index (χ0n) is 20.6. The van der Waals surface area contributed by atoms with E-state index in [9.17, 15) is 4.79 Å². The van der Waals surface area contributed by atoms with Crippen molar-refractivity contribution in [2.45, 2.75) is 19.3 Å². The zero-order chi connectivity index (χ0) is 24.9. The van der Waals surface area contributed by atoms with Crippen LogP contribution >= 0.6 is 0 Å². The summed E-state index contributed by atoms with van der Waals surface area (Å²) in [7, 11) is 0. The van der Waals surface area contributed by atoms with Gasteiger partial charge in [0.25, 0.3) is 0 Å². The van der Waals surface area contributed by atoms with Crippen molar-refractivity contribution in [2.24, 2.45) is 0 Å². The molecule has 2 aromatic heterocycles. The van der Waals surface area contributed by atoms with E-state index in [1.165, 1.54) is 38.5 Å². The number of benzene rings is 5. The number of para-hydroxylation sites is 1. The van der Waals surface area contributed by atoms with Gasteiger partial charge in [-0.05, 0) is 70.1 Å². The number of aromatic nitrogens is 1. The molecule has 0 saturated carbocycles. The lowest BCUT2D eigenvalue weighted by Crippen LogP contribution is -2.14. The van der Waals surface area contributed by atoms with Crippen molar-refractivity contribution in [1.82, 2.24) is 4.57 Å². The highest BCUT2D eigenvalue weighted by Gasteiger charge is 2.36. The third kappa shape index (κ3) is 2.63. The molecule has 1 aliphatic rings. The van der Waals surface area contributed by atoms with Gasteiger partial charge in [0.15, 0.2) is 0 Å². The van der Waals surface area contributed by atoms with Crippen molar-refractivity contribution in [1.29, 1.82) is 0 Å². The fraction of sp³-hybridized carbons (Fsp3) is 0.0882. The Morgan fingerprint density at radius 1 is 0.595 bits per heavy atom. The highest BCUT2D eigenvalue weighted by Crippen LogP contribution is 2.50. The molecule has 0 N–H and O–H groups in total. The minimum atomic E-state index is -0.301. The van der Waals surface area contributed by atoms with Gasteiger partial charge in [0.1, 0.15) is 5.58 Å². The molecule has 0 saturated heterocycles. The molecule has 0 aliphatic heterocycles. The molecular weight excluding hydrogens is 454 g/mol. The molecule has 0 radical (unpaired) electrons. The van der Waals surface area contributed by atoms with Crippen LogP contribution in [-0.4, -0.2) is 4.57 Å². The van der Waals surface area contributed by atoms with Gasteiger partial charge >= 0.3 is 5.63 Å². The smallest absolute Gasteiger partial charge is 0.344 e. The van der Waals surface area contributed by atoms with Gasteiger partial charge in [-0.3, -0.25) is 0 Å². The second-order valence-corrected chi connectivity index (χ2v) is 10.6. The molecule has 0 atom stereocenters. The predicted octanol–water partition coefficient (Wildman–Crippen LogP) is 8.35. The van der Waals surface area contributed by atoms with E-state index in [0.29, 0.717) is 11.0 Å². The summed E-state index contributed by atoms with van der Waals surface area (Å²) in [6.45, 7) is 4.64. The van der Waals surface area contributed by atoms with Crippen molar-refractivity contribution in [2.75, 3.05) is 0 Å². The van der Waals surface area contributed by atoms with Gasteiger partial charge in [0.05, 0.1) is 16.4 Å². The number of fused-ring (bicyclic) bond motifs is 9. The SMILES string of the molecule is CC1(C)c2ccccc2-c2cc3c4ccccc4n(-c4ccc5oc(=O)c6ccccc6c5c4)c3cc21. The monoisotopic (exact) mass is 477 g/mol. The molecule has 37 heavy (non-hydrogen) atoms. The Labute approximate surface area is 213 Å². The summed E-state index contributed by atoms with van der Waals surface area (Å²) in [6.07, 6.45) is 0. The van der Waals surface area contributed by atoms with Crippen LogP contribution in [0.4, 0.5) is 0 Å². The van der Waals surface area contributed by atoms with Crippen molar-refractivity contribution < 1.29 is 4.42 Å². The van der Waals surface area contributed by atoms with E-state index in [1.54, 1.807) is 0 Å². The number of rotatable bonds is 1. The molecule has 2 heterocycles. The Balaban J connectivity index is 1.49.